The van der Waals surface area contributed by atoms with Crippen LogP contribution in [-0.2, 0) is 0 Å². The monoisotopic (exact) mass is 475 g/mol. The SMILES string of the molecule is CCNCC#Cc1cnc(N)c2c(-c3ccc(NC(=O)Nc4cccc(Cl)c4)cc3)csc12. The minimum atomic E-state index is -0.347. The topological polar surface area (TPSA) is 92.1 Å². The van der Waals surface area contributed by atoms with Crippen molar-refractivity contribution in [2.24, 2.45) is 0 Å². The zero-order valence-electron chi connectivity index (χ0n) is 17.9. The molecule has 2 amide bonds. The lowest BCUT2D eigenvalue weighted by Gasteiger charge is -2.09. The molecule has 0 aliphatic carbocycles. The van der Waals surface area contributed by atoms with Crippen molar-refractivity contribution in [3.63, 3.8) is 0 Å². The van der Waals surface area contributed by atoms with E-state index in [-0.39, 0.29) is 6.03 Å². The van der Waals surface area contributed by atoms with E-state index in [1.165, 1.54) is 0 Å². The molecule has 8 heteroatoms. The smallest absolute Gasteiger partial charge is 0.323 e. The Morgan fingerprint density at radius 1 is 1.15 bits per heavy atom. The van der Waals surface area contributed by atoms with Crippen molar-refractivity contribution >= 4 is 56.2 Å². The molecule has 2 aromatic heterocycles. The van der Waals surface area contributed by atoms with Gasteiger partial charge in [0.05, 0.1) is 16.8 Å². The molecule has 2 aromatic carbocycles. The van der Waals surface area contributed by atoms with Gasteiger partial charge in [-0.1, -0.05) is 48.6 Å². The number of carbonyl (C=O) groups is 1. The molecule has 0 aliphatic rings. The summed E-state index contributed by atoms with van der Waals surface area (Å²) >= 11 is 7.56. The van der Waals surface area contributed by atoms with Gasteiger partial charge < -0.3 is 21.7 Å². The lowest BCUT2D eigenvalue weighted by molar-refractivity contribution is 0.262. The summed E-state index contributed by atoms with van der Waals surface area (Å²) in [5.74, 6) is 6.78. The van der Waals surface area contributed by atoms with Gasteiger partial charge in [0.25, 0.3) is 0 Å². The van der Waals surface area contributed by atoms with Crippen molar-refractivity contribution in [2.45, 2.75) is 6.92 Å². The number of nitrogen functional groups attached to an aromatic ring is 1. The van der Waals surface area contributed by atoms with E-state index in [1.807, 2.05) is 31.2 Å². The normalized spacial score (nSPS) is 10.5. The Kier molecular flexibility index (Phi) is 7.10. The van der Waals surface area contributed by atoms with Crippen LogP contribution in [0.1, 0.15) is 12.5 Å². The highest BCUT2D eigenvalue weighted by molar-refractivity contribution is 7.18. The highest BCUT2D eigenvalue weighted by atomic mass is 35.5. The second kappa shape index (κ2) is 10.4. The number of urea groups is 1. The fraction of sp³-hybridized carbons (Fsp3) is 0.120. The van der Waals surface area contributed by atoms with Crippen molar-refractivity contribution in [1.29, 1.82) is 0 Å². The molecular weight excluding hydrogens is 454 g/mol. The molecule has 0 bridgehead atoms. The van der Waals surface area contributed by atoms with E-state index in [2.05, 4.69) is 38.2 Å². The molecule has 33 heavy (non-hydrogen) atoms. The number of nitrogens with zero attached hydrogens (tertiary/aromatic N) is 1. The van der Waals surface area contributed by atoms with Gasteiger partial charge in [0.15, 0.2) is 0 Å². The maximum atomic E-state index is 12.3. The van der Waals surface area contributed by atoms with Crippen LogP contribution in [0.3, 0.4) is 0 Å². The maximum absolute atomic E-state index is 12.3. The predicted molar refractivity (Wildman–Crippen MR) is 139 cm³/mol. The Labute approximate surface area is 201 Å². The van der Waals surface area contributed by atoms with E-state index in [4.69, 9.17) is 17.3 Å². The van der Waals surface area contributed by atoms with Gasteiger partial charge in [0.1, 0.15) is 5.82 Å². The summed E-state index contributed by atoms with van der Waals surface area (Å²) in [6.45, 7) is 3.54. The molecule has 5 N–H and O–H groups in total. The fourth-order valence-electron chi connectivity index (χ4n) is 3.29. The number of benzene rings is 2. The average molecular weight is 476 g/mol. The Hall–Kier alpha value is -3.57. The first-order valence-corrected chi connectivity index (χ1v) is 11.6. The summed E-state index contributed by atoms with van der Waals surface area (Å²) in [7, 11) is 0. The van der Waals surface area contributed by atoms with Crippen LogP contribution in [0.4, 0.5) is 22.0 Å². The van der Waals surface area contributed by atoms with Crippen molar-refractivity contribution in [1.82, 2.24) is 10.3 Å². The highest BCUT2D eigenvalue weighted by Gasteiger charge is 2.13. The third-order valence-corrected chi connectivity index (χ3v) is 6.10. The van der Waals surface area contributed by atoms with E-state index in [1.54, 1.807) is 41.8 Å². The Bertz CT molecular complexity index is 1350. The van der Waals surface area contributed by atoms with Crippen molar-refractivity contribution in [3.8, 4) is 23.0 Å². The van der Waals surface area contributed by atoms with E-state index in [0.717, 1.165) is 33.3 Å². The first-order valence-electron chi connectivity index (χ1n) is 10.3. The second-order valence-electron chi connectivity index (χ2n) is 7.16. The zero-order valence-corrected chi connectivity index (χ0v) is 19.5. The number of hydrogen-bond donors (Lipinski definition) is 4. The van der Waals surface area contributed by atoms with Crippen molar-refractivity contribution < 1.29 is 4.79 Å². The van der Waals surface area contributed by atoms with Gasteiger partial charge in [-0.15, -0.1) is 11.3 Å². The molecule has 2 heterocycles. The van der Waals surface area contributed by atoms with Crippen LogP contribution in [0.15, 0.2) is 60.1 Å². The van der Waals surface area contributed by atoms with Crippen LogP contribution < -0.4 is 21.7 Å². The number of hydrogen-bond acceptors (Lipinski definition) is 5. The fourth-order valence-corrected chi connectivity index (χ4v) is 4.53. The molecule has 0 saturated heterocycles. The Morgan fingerprint density at radius 2 is 1.94 bits per heavy atom. The van der Waals surface area contributed by atoms with Gasteiger partial charge in [-0.05, 0) is 47.8 Å². The quantitative estimate of drug-likeness (QED) is 0.217. The molecule has 0 unspecified atom stereocenters. The number of aromatic nitrogens is 1. The van der Waals surface area contributed by atoms with Crippen molar-refractivity contribution in [3.05, 3.63) is 70.7 Å². The number of thiophene rings is 1. The van der Waals surface area contributed by atoms with Gasteiger partial charge in [0.2, 0.25) is 0 Å². The van der Waals surface area contributed by atoms with Crippen LogP contribution in [0, 0.1) is 11.8 Å². The summed E-state index contributed by atoms with van der Waals surface area (Å²) in [6.07, 6.45) is 1.72. The minimum absolute atomic E-state index is 0.347. The standard InChI is InChI=1S/C25H22ClN5OS/c1-2-28-12-4-5-17-14-29-24(27)22-21(15-33-23(17)22)16-8-10-19(11-9-16)30-25(32)31-20-7-3-6-18(26)13-20/h3,6-11,13-15,28H,2,12H2,1H3,(H2,27,29)(H2,30,31,32). The number of nitrogens with one attached hydrogen (secondary N) is 3. The van der Waals surface area contributed by atoms with E-state index >= 15 is 0 Å². The summed E-state index contributed by atoms with van der Waals surface area (Å²) in [4.78, 5) is 16.6. The number of amides is 2. The van der Waals surface area contributed by atoms with Crippen LogP contribution in [0.25, 0.3) is 21.2 Å². The predicted octanol–water partition coefficient (Wildman–Crippen LogP) is 5.80. The number of rotatable bonds is 5. The Balaban J connectivity index is 1.53. The lowest BCUT2D eigenvalue weighted by Crippen LogP contribution is -2.19. The molecule has 0 radical (unpaired) electrons. The largest absolute Gasteiger partial charge is 0.383 e. The van der Waals surface area contributed by atoms with Crippen LogP contribution >= 0.6 is 22.9 Å². The molecule has 6 nitrogen and oxygen atoms in total. The number of halogens is 1. The minimum Gasteiger partial charge on any atom is -0.383 e. The third-order valence-electron chi connectivity index (χ3n) is 4.85. The molecule has 0 aliphatic heterocycles. The number of carbonyl (C=O) groups excluding carboxylic acids is 1. The number of fused-ring (bicyclic) bond motifs is 1. The first kappa shape index (κ1) is 22.6. The van der Waals surface area contributed by atoms with Crippen molar-refractivity contribution in [2.75, 3.05) is 29.5 Å². The molecule has 0 saturated carbocycles. The third kappa shape index (κ3) is 5.44. The second-order valence-corrected chi connectivity index (χ2v) is 8.48. The molecule has 0 spiro atoms. The van der Waals surface area contributed by atoms with Crippen LogP contribution in [0.5, 0.6) is 0 Å². The molecule has 4 aromatic rings. The van der Waals surface area contributed by atoms with Gasteiger partial charge in [0, 0.05) is 33.5 Å². The molecular formula is C25H22ClN5OS. The zero-order chi connectivity index (χ0) is 23.2. The van der Waals surface area contributed by atoms with Gasteiger partial charge in [-0.2, -0.15) is 0 Å². The summed E-state index contributed by atoms with van der Waals surface area (Å²) in [5, 5.41) is 12.3. The van der Waals surface area contributed by atoms with Gasteiger partial charge >= 0.3 is 6.03 Å². The maximum Gasteiger partial charge on any atom is 0.323 e. The first-order chi connectivity index (χ1) is 16.0. The molecule has 0 atom stereocenters. The number of nitrogens with two attached hydrogens (primary N) is 1. The summed E-state index contributed by atoms with van der Waals surface area (Å²) in [6, 6.07) is 14.2. The molecule has 4 rings (SSSR count). The molecule has 166 valence electrons. The van der Waals surface area contributed by atoms with E-state index in [0.29, 0.717) is 28.8 Å². The lowest BCUT2D eigenvalue weighted by atomic mass is 10.0. The van der Waals surface area contributed by atoms with Gasteiger partial charge in [-0.25, -0.2) is 9.78 Å². The van der Waals surface area contributed by atoms with E-state index in [9.17, 15) is 4.79 Å². The number of anilines is 3. The van der Waals surface area contributed by atoms with Crippen LogP contribution in [0.2, 0.25) is 5.02 Å². The van der Waals surface area contributed by atoms with Crippen LogP contribution in [-0.4, -0.2) is 24.1 Å². The van der Waals surface area contributed by atoms with E-state index < -0.39 is 0 Å². The summed E-state index contributed by atoms with van der Waals surface area (Å²) < 4.78 is 1.02. The molecule has 0 fully saturated rings. The highest BCUT2D eigenvalue weighted by Crippen LogP contribution is 2.38. The number of pyridine rings is 1. The summed E-state index contributed by atoms with van der Waals surface area (Å²) in [5.41, 5.74) is 10.3. The average Bonchev–Trinajstić information content (AvgIpc) is 3.25. The van der Waals surface area contributed by atoms with Gasteiger partial charge in [-0.3, -0.25) is 0 Å². The Morgan fingerprint density at radius 3 is 2.70 bits per heavy atom.